The van der Waals surface area contributed by atoms with Crippen molar-refractivity contribution in [3.8, 4) is 0 Å². The van der Waals surface area contributed by atoms with E-state index in [2.05, 4.69) is 10.5 Å². The lowest BCUT2D eigenvalue weighted by Gasteiger charge is -2.17. The first kappa shape index (κ1) is 12.7. The van der Waals surface area contributed by atoms with Gasteiger partial charge in [0.25, 0.3) is 0 Å². The molecule has 0 aliphatic rings. The first-order valence-corrected chi connectivity index (χ1v) is 5.76. The van der Waals surface area contributed by atoms with Crippen molar-refractivity contribution >= 4 is 0 Å². The average Bonchev–Trinajstić information content (AvgIpc) is 2.59. The lowest BCUT2D eigenvalue weighted by atomic mass is 9.97. The summed E-state index contributed by atoms with van der Waals surface area (Å²) < 4.78 is 14.8. The van der Waals surface area contributed by atoms with E-state index in [0.717, 1.165) is 22.5 Å². The van der Waals surface area contributed by atoms with Crippen LogP contribution in [0.3, 0.4) is 0 Å². The molecule has 0 aliphatic carbocycles. The molecule has 0 saturated heterocycles. The molecule has 0 fully saturated rings. The van der Waals surface area contributed by atoms with Gasteiger partial charge in [0, 0.05) is 18.3 Å². The second kappa shape index (κ2) is 4.88. The maximum Gasteiger partial charge on any atom is 0.123 e. The number of nitrogens with one attached hydrogen (secondary N) is 1. The van der Waals surface area contributed by atoms with Gasteiger partial charge in [0.1, 0.15) is 5.82 Å². The number of hydrazine groups is 1. The molecule has 1 heterocycles. The number of rotatable bonds is 3. The zero-order valence-electron chi connectivity index (χ0n) is 10.7. The number of benzene rings is 1. The SMILES string of the molecule is Cc1nn(C)c(C)c1C(NN)c1ccc(F)cc1. The summed E-state index contributed by atoms with van der Waals surface area (Å²) in [5.41, 5.74) is 6.68. The topological polar surface area (TPSA) is 55.9 Å². The molecule has 96 valence electrons. The Bertz CT molecular complexity index is 545. The first-order chi connectivity index (χ1) is 8.54. The highest BCUT2D eigenvalue weighted by molar-refractivity contribution is 5.36. The molecule has 0 amide bonds. The van der Waals surface area contributed by atoms with Gasteiger partial charge in [0.15, 0.2) is 0 Å². The van der Waals surface area contributed by atoms with Crippen LogP contribution in [0, 0.1) is 19.7 Å². The monoisotopic (exact) mass is 248 g/mol. The molecular weight excluding hydrogens is 231 g/mol. The van der Waals surface area contributed by atoms with Crippen molar-refractivity contribution in [2.45, 2.75) is 19.9 Å². The van der Waals surface area contributed by atoms with Crippen molar-refractivity contribution in [2.24, 2.45) is 12.9 Å². The van der Waals surface area contributed by atoms with Crippen LogP contribution in [-0.2, 0) is 7.05 Å². The van der Waals surface area contributed by atoms with Crippen LogP contribution in [0.5, 0.6) is 0 Å². The molecule has 5 heteroatoms. The maximum atomic E-state index is 13.0. The average molecular weight is 248 g/mol. The quantitative estimate of drug-likeness (QED) is 0.642. The fraction of sp³-hybridized carbons (Fsp3) is 0.308. The van der Waals surface area contributed by atoms with Gasteiger partial charge in [-0.2, -0.15) is 5.10 Å². The van der Waals surface area contributed by atoms with Gasteiger partial charge >= 0.3 is 0 Å². The summed E-state index contributed by atoms with van der Waals surface area (Å²) in [6.45, 7) is 3.93. The van der Waals surface area contributed by atoms with Crippen molar-refractivity contribution in [2.75, 3.05) is 0 Å². The van der Waals surface area contributed by atoms with Crippen LogP contribution in [0.2, 0.25) is 0 Å². The predicted octanol–water partition coefficient (Wildman–Crippen LogP) is 1.73. The van der Waals surface area contributed by atoms with E-state index >= 15 is 0 Å². The summed E-state index contributed by atoms with van der Waals surface area (Å²) in [6.07, 6.45) is 0. The zero-order valence-corrected chi connectivity index (χ0v) is 10.7. The molecule has 0 spiro atoms. The van der Waals surface area contributed by atoms with Crippen LogP contribution in [-0.4, -0.2) is 9.78 Å². The number of aromatic nitrogens is 2. The highest BCUT2D eigenvalue weighted by Crippen LogP contribution is 2.26. The molecule has 1 atom stereocenters. The Morgan fingerprint density at radius 1 is 1.28 bits per heavy atom. The molecule has 0 aliphatic heterocycles. The van der Waals surface area contributed by atoms with Crippen LogP contribution >= 0.6 is 0 Å². The smallest absolute Gasteiger partial charge is 0.123 e. The molecule has 0 saturated carbocycles. The molecule has 1 unspecified atom stereocenters. The van der Waals surface area contributed by atoms with Gasteiger partial charge in [-0.1, -0.05) is 12.1 Å². The van der Waals surface area contributed by atoms with E-state index in [4.69, 9.17) is 5.84 Å². The van der Waals surface area contributed by atoms with Gasteiger partial charge in [-0.15, -0.1) is 0 Å². The van der Waals surface area contributed by atoms with E-state index in [-0.39, 0.29) is 11.9 Å². The summed E-state index contributed by atoms with van der Waals surface area (Å²) in [5, 5.41) is 4.37. The van der Waals surface area contributed by atoms with Gasteiger partial charge in [0.05, 0.1) is 11.7 Å². The van der Waals surface area contributed by atoms with E-state index in [0.29, 0.717) is 0 Å². The summed E-state index contributed by atoms with van der Waals surface area (Å²) >= 11 is 0. The molecule has 4 nitrogen and oxygen atoms in total. The fourth-order valence-corrected chi connectivity index (χ4v) is 2.21. The van der Waals surface area contributed by atoms with E-state index in [1.54, 1.807) is 12.1 Å². The van der Waals surface area contributed by atoms with Gasteiger partial charge in [-0.05, 0) is 31.5 Å². The number of hydrogen-bond acceptors (Lipinski definition) is 3. The number of hydrogen-bond donors (Lipinski definition) is 2. The minimum atomic E-state index is -0.255. The molecule has 2 aromatic rings. The Labute approximate surface area is 106 Å². The molecule has 0 radical (unpaired) electrons. The third kappa shape index (κ3) is 2.14. The van der Waals surface area contributed by atoms with Crippen LogP contribution in [0.4, 0.5) is 4.39 Å². The first-order valence-electron chi connectivity index (χ1n) is 5.76. The Balaban J connectivity index is 2.48. The van der Waals surface area contributed by atoms with Crippen LogP contribution in [0.15, 0.2) is 24.3 Å². The molecule has 2 rings (SSSR count). The number of nitrogens with zero attached hydrogens (tertiary/aromatic N) is 2. The lowest BCUT2D eigenvalue weighted by Crippen LogP contribution is -2.29. The van der Waals surface area contributed by atoms with Crippen molar-refractivity contribution in [1.29, 1.82) is 0 Å². The number of nitrogens with two attached hydrogens (primary N) is 1. The summed E-state index contributed by atoms with van der Waals surface area (Å²) in [7, 11) is 1.89. The largest absolute Gasteiger partial charge is 0.272 e. The molecule has 3 N–H and O–H groups in total. The molecule has 18 heavy (non-hydrogen) atoms. The van der Waals surface area contributed by atoms with Gasteiger partial charge in [-0.3, -0.25) is 10.5 Å². The lowest BCUT2D eigenvalue weighted by molar-refractivity contribution is 0.612. The standard InChI is InChI=1S/C13H17FN4/c1-8-12(9(2)18(3)17-8)13(16-15)10-4-6-11(14)7-5-10/h4-7,13,16H,15H2,1-3H3. The van der Waals surface area contributed by atoms with Crippen molar-refractivity contribution in [3.63, 3.8) is 0 Å². The van der Waals surface area contributed by atoms with Gasteiger partial charge in [0.2, 0.25) is 0 Å². The molecule has 1 aromatic carbocycles. The third-order valence-electron chi connectivity index (χ3n) is 3.22. The predicted molar refractivity (Wildman–Crippen MR) is 68.2 cm³/mol. The second-order valence-electron chi connectivity index (χ2n) is 4.36. The Kier molecular flexibility index (Phi) is 3.45. The molecule has 1 aromatic heterocycles. The summed E-state index contributed by atoms with van der Waals surface area (Å²) in [5.74, 6) is 5.39. The van der Waals surface area contributed by atoms with Crippen LogP contribution in [0.25, 0.3) is 0 Å². The number of halogens is 1. The Morgan fingerprint density at radius 3 is 2.33 bits per heavy atom. The minimum absolute atomic E-state index is 0.181. The summed E-state index contributed by atoms with van der Waals surface area (Å²) in [4.78, 5) is 0. The third-order valence-corrected chi connectivity index (χ3v) is 3.22. The van der Waals surface area contributed by atoms with Crippen LogP contribution < -0.4 is 11.3 Å². The fourth-order valence-electron chi connectivity index (χ4n) is 2.21. The van der Waals surface area contributed by atoms with Crippen LogP contribution in [0.1, 0.15) is 28.6 Å². The second-order valence-corrected chi connectivity index (χ2v) is 4.36. The van der Waals surface area contributed by atoms with Crippen molar-refractivity contribution < 1.29 is 4.39 Å². The Morgan fingerprint density at radius 2 is 1.89 bits per heavy atom. The highest BCUT2D eigenvalue weighted by Gasteiger charge is 2.20. The maximum absolute atomic E-state index is 13.0. The normalized spacial score (nSPS) is 12.7. The van der Waals surface area contributed by atoms with E-state index < -0.39 is 0 Å². The molecule has 0 bridgehead atoms. The highest BCUT2D eigenvalue weighted by atomic mass is 19.1. The molecular formula is C13H17FN4. The zero-order chi connectivity index (χ0) is 13.3. The van der Waals surface area contributed by atoms with E-state index in [1.807, 2.05) is 25.6 Å². The van der Waals surface area contributed by atoms with Gasteiger partial charge in [-0.25, -0.2) is 9.82 Å². The minimum Gasteiger partial charge on any atom is -0.272 e. The Hall–Kier alpha value is -1.72. The number of aryl methyl sites for hydroxylation is 2. The van der Waals surface area contributed by atoms with E-state index in [1.165, 1.54) is 12.1 Å². The van der Waals surface area contributed by atoms with Gasteiger partial charge < -0.3 is 0 Å². The van der Waals surface area contributed by atoms with E-state index in [9.17, 15) is 4.39 Å². The van der Waals surface area contributed by atoms with Crippen molar-refractivity contribution in [1.82, 2.24) is 15.2 Å². The van der Waals surface area contributed by atoms with Crippen molar-refractivity contribution in [3.05, 3.63) is 52.6 Å². The summed E-state index contributed by atoms with van der Waals surface area (Å²) in [6, 6.07) is 6.14.